The summed E-state index contributed by atoms with van der Waals surface area (Å²) in [6, 6.07) is 16.2. The van der Waals surface area contributed by atoms with E-state index in [2.05, 4.69) is 46.7 Å². The highest BCUT2D eigenvalue weighted by Gasteiger charge is 2.19. The van der Waals surface area contributed by atoms with E-state index < -0.39 is 0 Å². The number of hydrogen-bond acceptors (Lipinski definition) is 3. The molecular weight excluding hydrogens is 366 g/mol. The molecule has 1 atom stereocenters. The van der Waals surface area contributed by atoms with Crippen LogP contribution in [0.25, 0.3) is 0 Å². The smallest absolute Gasteiger partial charge is 0.171 e. The summed E-state index contributed by atoms with van der Waals surface area (Å²) in [6.45, 7) is 6.45. The summed E-state index contributed by atoms with van der Waals surface area (Å²) < 4.78 is 5.46. The number of rotatable bonds is 5. The average molecular weight is 390 g/mol. The van der Waals surface area contributed by atoms with Crippen LogP contribution in [0.15, 0.2) is 48.5 Å². The van der Waals surface area contributed by atoms with Crippen molar-refractivity contribution in [3.63, 3.8) is 0 Å². The lowest BCUT2D eigenvalue weighted by atomic mass is 10.0. The summed E-state index contributed by atoms with van der Waals surface area (Å²) in [5, 5.41) is 8.02. The fourth-order valence-electron chi connectivity index (χ4n) is 2.93. The Kier molecular flexibility index (Phi) is 6.86. The molecule has 0 aromatic heterocycles. The van der Waals surface area contributed by atoms with Crippen molar-refractivity contribution in [3.05, 3.63) is 64.7 Å². The first-order chi connectivity index (χ1) is 12.6. The molecule has 1 heterocycles. The molecule has 138 valence electrons. The minimum absolute atomic E-state index is 0.112. The lowest BCUT2D eigenvalue weighted by molar-refractivity contribution is 0.0344. The van der Waals surface area contributed by atoms with Gasteiger partial charge in [-0.1, -0.05) is 41.4 Å². The Hall–Kier alpha value is -1.66. The maximum absolute atomic E-state index is 5.94. The van der Waals surface area contributed by atoms with Crippen molar-refractivity contribution in [1.82, 2.24) is 10.2 Å². The lowest BCUT2D eigenvalue weighted by Gasteiger charge is -2.31. The molecule has 0 bridgehead atoms. The van der Waals surface area contributed by atoms with E-state index in [-0.39, 0.29) is 6.04 Å². The van der Waals surface area contributed by atoms with E-state index in [1.807, 2.05) is 24.3 Å². The Morgan fingerprint density at radius 3 is 2.42 bits per heavy atom. The number of halogens is 1. The van der Waals surface area contributed by atoms with Crippen molar-refractivity contribution in [2.75, 3.05) is 38.2 Å². The van der Waals surface area contributed by atoms with E-state index in [0.29, 0.717) is 10.1 Å². The minimum atomic E-state index is 0.112. The molecule has 0 aliphatic carbocycles. The van der Waals surface area contributed by atoms with Gasteiger partial charge in [0.15, 0.2) is 5.11 Å². The molecule has 1 aliphatic heterocycles. The largest absolute Gasteiger partial charge is 0.379 e. The first kappa shape index (κ1) is 19.1. The first-order valence-electron chi connectivity index (χ1n) is 8.80. The monoisotopic (exact) mass is 389 g/mol. The number of anilines is 1. The molecule has 0 saturated carbocycles. The molecule has 6 heteroatoms. The molecule has 0 spiro atoms. The van der Waals surface area contributed by atoms with Gasteiger partial charge in [-0.05, 0) is 49.0 Å². The zero-order valence-corrected chi connectivity index (χ0v) is 16.4. The topological polar surface area (TPSA) is 36.5 Å². The Bertz CT molecular complexity index is 715. The third-order valence-electron chi connectivity index (χ3n) is 4.43. The minimum Gasteiger partial charge on any atom is -0.379 e. The number of nitrogens with one attached hydrogen (secondary N) is 2. The van der Waals surface area contributed by atoms with Gasteiger partial charge < -0.3 is 15.4 Å². The van der Waals surface area contributed by atoms with Crippen molar-refractivity contribution in [3.8, 4) is 0 Å². The van der Waals surface area contributed by atoms with Gasteiger partial charge in [-0.3, -0.25) is 4.90 Å². The molecule has 0 radical (unpaired) electrons. The van der Waals surface area contributed by atoms with E-state index in [1.54, 1.807) is 0 Å². The average Bonchev–Trinajstić information content (AvgIpc) is 2.65. The zero-order chi connectivity index (χ0) is 18.4. The molecule has 0 unspecified atom stereocenters. The van der Waals surface area contributed by atoms with E-state index >= 15 is 0 Å². The van der Waals surface area contributed by atoms with Crippen LogP contribution >= 0.6 is 23.8 Å². The van der Waals surface area contributed by atoms with Gasteiger partial charge in [0, 0.05) is 30.3 Å². The number of hydrogen-bond donors (Lipinski definition) is 2. The molecule has 2 aromatic carbocycles. The van der Waals surface area contributed by atoms with Crippen LogP contribution in [0, 0.1) is 6.92 Å². The molecule has 3 rings (SSSR count). The highest BCUT2D eigenvalue weighted by Crippen LogP contribution is 2.18. The summed E-state index contributed by atoms with van der Waals surface area (Å²) in [7, 11) is 0. The molecule has 1 fully saturated rings. The Morgan fingerprint density at radius 2 is 1.77 bits per heavy atom. The second-order valence-corrected chi connectivity index (χ2v) is 7.33. The van der Waals surface area contributed by atoms with Crippen molar-refractivity contribution >= 4 is 34.6 Å². The van der Waals surface area contributed by atoms with Crippen LogP contribution in [-0.4, -0.2) is 42.9 Å². The van der Waals surface area contributed by atoms with E-state index in [0.717, 1.165) is 38.5 Å². The van der Waals surface area contributed by atoms with Crippen molar-refractivity contribution in [2.45, 2.75) is 13.0 Å². The molecule has 1 saturated heterocycles. The fraction of sp³-hybridized carbons (Fsp3) is 0.350. The van der Waals surface area contributed by atoms with Crippen molar-refractivity contribution < 1.29 is 4.74 Å². The third-order valence-corrected chi connectivity index (χ3v) is 4.90. The van der Waals surface area contributed by atoms with Crippen LogP contribution in [0.2, 0.25) is 5.02 Å². The van der Waals surface area contributed by atoms with Gasteiger partial charge in [0.25, 0.3) is 0 Å². The van der Waals surface area contributed by atoms with E-state index in [1.165, 1.54) is 11.1 Å². The summed E-state index contributed by atoms with van der Waals surface area (Å²) >= 11 is 11.5. The Morgan fingerprint density at radius 1 is 1.12 bits per heavy atom. The van der Waals surface area contributed by atoms with Gasteiger partial charge >= 0.3 is 0 Å². The Balaban J connectivity index is 1.68. The third kappa shape index (κ3) is 5.68. The number of morpholine rings is 1. The Labute approximate surface area is 165 Å². The number of thiocarbonyl (C=S) groups is 1. The van der Waals surface area contributed by atoms with Crippen LogP contribution in [0.1, 0.15) is 17.2 Å². The lowest BCUT2D eigenvalue weighted by Crippen LogP contribution is -2.44. The van der Waals surface area contributed by atoms with Gasteiger partial charge in [-0.25, -0.2) is 0 Å². The standard InChI is InChI=1S/C20H24ClN3OS/c1-15-2-4-16(5-3-15)19(14-24-10-12-25-13-11-24)23-20(26)22-18-8-6-17(21)7-9-18/h2-9,19H,10-14H2,1H3,(H2,22,23,26)/t19-/m1/s1. The van der Waals surface area contributed by atoms with E-state index in [4.69, 9.17) is 28.6 Å². The van der Waals surface area contributed by atoms with E-state index in [9.17, 15) is 0 Å². The number of ether oxygens (including phenoxy) is 1. The summed E-state index contributed by atoms with van der Waals surface area (Å²) in [6.07, 6.45) is 0. The molecule has 0 amide bonds. The normalized spacial score (nSPS) is 16.1. The molecule has 1 aliphatic rings. The summed E-state index contributed by atoms with van der Waals surface area (Å²) in [5.74, 6) is 0. The number of nitrogens with zero attached hydrogens (tertiary/aromatic N) is 1. The van der Waals surface area contributed by atoms with Gasteiger partial charge in [0.05, 0.1) is 19.3 Å². The maximum atomic E-state index is 5.94. The van der Waals surface area contributed by atoms with Gasteiger partial charge in [-0.2, -0.15) is 0 Å². The van der Waals surface area contributed by atoms with Crippen LogP contribution in [-0.2, 0) is 4.74 Å². The fourth-order valence-corrected chi connectivity index (χ4v) is 3.32. The van der Waals surface area contributed by atoms with Crippen LogP contribution in [0.4, 0.5) is 5.69 Å². The van der Waals surface area contributed by atoms with Crippen LogP contribution in [0.3, 0.4) is 0 Å². The van der Waals surface area contributed by atoms with Gasteiger partial charge in [-0.15, -0.1) is 0 Å². The predicted molar refractivity (Wildman–Crippen MR) is 112 cm³/mol. The number of aryl methyl sites for hydroxylation is 1. The molecule has 2 aromatic rings. The maximum Gasteiger partial charge on any atom is 0.171 e. The highest BCUT2D eigenvalue weighted by molar-refractivity contribution is 7.80. The molecule has 26 heavy (non-hydrogen) atoms. The number of benzene rings is 2. The summed E-state index contributed by atoms with van der Waals surface area (Å²) in [5.41, 5.74) is 3.39. The van der Waals surface area contributed by atoms with Crippen molar-refractivity contribution in [1.29, 1.82) is 0 Å². The van der Waals surface area contributed by atoms with Gasteiger partial charge in [0.1, 0.15) is 0 Å². The zero-order valence-electron chi connectivity index (χ0n) is 14.9. The first-order valence-corrected chi connectivity index (χ1v) is 9.58. The molecule has 4 nitrogen and oxygen atoms in total. The van der Waals surface area contributed by atoms with Gasteiger partial charge in [0.2, 0.25) is 0 Å². The molecule has 2 N–H and O–H groups in total. The van der Waals surface area contributed by atoms with Crippen LogP contribution < -0.4 is 10.6 Å². The van der Waals surface area contributed by atoms with Crippen LogP contribution in [0.5, 0.6) is 0 Å². The second-order valence-electron chi connectivity index (χ2n) is 6.48. The quantitative estimate of drug-likeness (QED) is 0.755. The summed E-state index contributed by atoms with van der Waals surface area (Å²) in [4.78, 5) is 2.41. The molecular formula is C20H24ClN3OS. The second kappa shape index (κ2) is 9.33. The SMILES string of the molecule is Cc1ccc([C@@H](CN2CCOCC2)NC(=S)Nc2ccc(Cl)cc2)cc1. The highest BCUT2D eigenvalue weighted by atomic mass is 35.5. The van der Waals surface area contributed by atoms with Crippen molar-refractivity contribution in [2.24, 2.45) is 0 Å². The predicted octanol–water partition coefficient (Wildman–Crippen LogP) is 4.01.